The van der Waals surface area contributed by atoms with Crippen molar-refractivity contribution in [1.29, 1.82) is 0 Å². The molecule has 4 heteroatoms. The third-order valence-corrected chi connectivity index (χ3v) is 3.54. The van der Waals surface area contributed by atoms with Crippen molar-refractivity contribution in [3.63, 3.8) is 0 Å². The van der Waals surface area contributed by atoms with E-state index in [1.165, 1.54) is 5.56 Å². The van der Waals surface area contributed by atoms with E-state index in [0.717, 1.165) is 35.5 Å². The molecule has 0 fully saturated rings. The summed E-state index contributed by atoms with van der Waals surface area (Å²) in [6, 6.07) is 16.1. The molecular formula is C17H18N4. The number of hydrogen-bond donors (Lipinski definition) is 1. The minimum Gasteiger partial charge on any atom is -0.399 e. The van der Waals surface area contributed by atoms with Crippen LogP contribution in [0, 0.1) is 0 Å². The van der Waals surface area contributed by atoms with E-state index in [1.54, 1.807) is 6.33 Å². The summed E-state index contributed by atoms with van der Waals surface area (Å²) in [5, 5.41) is 0.996. The predicted octanol–water partition coefficient (Wildman–Crippen LogP) is 3.24. The van der Waals surface area contributed by atoms with Gasteiger partial charge in [-0.3, -0.25) is 0 Å². The van der Waals surface area contributed by atoms with Crippen LogP contribution in [0.2, 0.25) is 0 Å². The Balaban J connectivity index is 2.02. The molecule has 4 nitrogen and oxygen atoms in total. The quantitative estimate of drug-likeness (QED) is 0.744. The van der Waals surface area contributed by atoms with E-state index in [-0.39, 0.29) is 0 Å². The summed E-state index contributed by atoms with van der Waals surface area (Å²) >= 11 is 0. The first-order chi connectivity index (χ1) is 10.3. The lowest BCUT2D eigenvalue weighted by atomic mass is 10.1. The maximum absolute atomic E-state index is 5.91. The van der Waals surface area contributed by atoms with E-state index in [4.69, 9.17) is 5.73 Å². The Morgan fingerprint density at radius 2 is 1.86 bits per heavy atom. The molecule has 0 saturated carbocycles. The van der Waals surface area contributed by atoms with Crippen molar-refractivity contribution in [2.75, 3.05) is 17.2 Å². The number of rotatable bonds is 4. The summed E-state index contributed by atoms with van der Waals surface area (Å²) in [7, 11) is 0. The molecule has 0 aliphatic heterocycles. The van der Waals surface area contributed by atoms with Gasteiger partial charge in [-0.2, -0.15) is 0 Å². The minimum absolute atomic E-state index is 0.731. The van der Waals surface area contributed by atoms with Crippen LogP contribution in [-0.2, 0) is 6.54 Å². The summed E-state index contributed by atoms with van der Waals surface area (Å²) in [5.74, 6) is 0.929. The average Bonchev–Trinajstić information content (AvgIpc) is 2.53. The van der Waals surface area contributed by atoms with Gasteiger partial charge < -0.3 is 10.6 Å². The molecule has 0 amide bonds. The zero-order valence-electron chi connectivity index (χ0n) is 12.0. The van der Waals surface area contributed by atoms with Crippen LogP contribution in [0.15, 0.2) is 54.9 Å². The van der Waals surface area contributed by atoms with Gasteiger partial charge in [-0.15, -0.1) is 0 Å². The van der Waals surface area contributed by atoms with Crippen LogP contribution in [0.25, 0.3) is 10.9 Å². The Morgan fingerprint density at radius 3 is 2.62 bits per heavy atom. The highest BCUT2D eigenvalue weighted by molar-refractivity contribution is 5.91. The molecule has 0 saturated heterocycles. The predicted molar refractivity (Wildman–Crippen MR) is 87.1 cm³/mol. The van der Waals surface area contributed by atoms with Gasteiger partial charge in [-0.05, 0) is 30.7 Å². The molecule has 0 bridgehead atoms. The van der Waals surface area contributed by atoms with E-state index < -0.39 is 0 Å². The molecule has 3 rings (SSSR count). The van der Waals surface area contributed by atoms with Gasteiger partial charge in [0.25, 0.3) is 0 Å². The van der Waals surface area contributed by atoms with Crippen LogP contribution in [0.1, 0.15) is 12.5 Å². The number of nitrogen functional groups attached to an aromatic ring is 1. The van der Waals surface area contributed by atoms with E-state index >= 15 is 0 Å². The number of anilines is 2. The maximum atomic E-state index is 5.91. The number of nitrogens with two attached hydrogens (primary N) is 1. The van der Waals surface area contributed by atoms with Gasteiger partial charge in [-0.1, -0.05) is 30.3 Å². The number of hydrogen-bond acceptors (Lipinski definition) is 4. The second kappa shape index (κ2) is 5.79. The van der Waals surface area contributed by atoms with E-state index in [0.29, 0.717) is 0 Å². The van der Waals surface area contributed by atoms with Crippen LogP contribution in [0.4, 0.5) is 11.5 Å². The first-order valence-electron chi connectivity index (χ1n) is 7.07. The molecular weight excluding hydrogens is 260 g/mol. The lowest BCUT2D eigenvalue weighted by Crippen LogP contribution is -2.23. The third kappa shape index (κ3) is 2.79. The first kappa shape index (κ1) is 13.4. The average molecular weight is 278 g/mol. The summed E-state index contributed by atoms with van der Waals surface area (Å²) < 4.78 is 0. The van der Waals surface area contributed by atoms with Crippen LogP contribution < -0.4 is 10.6 Å². The van der Waals surface area contributed by atoms with Crippen LogP contribution >= 0.6 is 0 Å². The summed E-state index contributed by atoms with van der Waals surface area (Å²) in [5.41, 5.74) is 8.82. The van der Waals surface area contributed by atoms with Crippen molar-refractivity contribution >= 4 is 22.4 Å². The Kier molecular flexibility index (Phi) is 3.69. The van der Waals surface area contributed by atoms with Crippen molar-refractivity contribution < 1.29 is 0 Å². The maximum Gasteiger partial charge on any atom is 0.140 e. The van der Waals surface area contributed by atoms with Crippen molar-refractivity contribution in [1.82, 2.24) is 9.97 Å². The summed E-state index contributed by atoms with van der Waals surface area (Å²) in [6.45, 7) is 3.82. The zero-order valence-corrected chi connectivity index (χ0v) is 12.0. The number of nitrogens with zero attached hydrogens (tertiary/aromatic N) is 3. The van der Waals surface area contributed by atoms with Crippen molar-refractivity contribution in [2.45, 2.75) is 13.5 Å². The Bertz CT molecular complexity index is 740. The molecule has 2 aromatic carbocycles. The second-order valence-corrected chi connectivity index (χ2v) is 4.97. The SMILES string of the molecule is CCN(Cc1ccccc1)c1ncnc2ccc(N)cc12. The fourth-order valence-corrected chi connectivity index (χ4v) is 2.45. The Hall–Kier alpha value is -2.62. The highest BCUT2D eigenvalue weighted by Gasteiger charge is 2.11. The van der Waals surface area contributed by atoms with Gasteiger partial charge in [0.15, 0.2) is 0 Å². The fraction of sp³-hybridized carbons (Fsp3) is 0.176. The molecule has 0 spiro atoms. The summed E-state index contributed by atoms with van der Waals surface area (Å²) in [6.07, 6.45) is 1.61. The lowest BCUT2D eigenvalue weighted by Gasteiger charge is -2.23. The smallest absolute Gasteiger partial charge is 0.140 e. The van der Waals surface area contributed by atoms with Crippen LogP contribution in [0.5, 0.6) is 0 Å². The first-order valence-corrected chi connectivity index (χ1v) is 7.07. The second-order valence-electron chi connectivity index (χ2n) is 4.97. The van der Waals surface area contributed by atoms with Gasteiger partial charge in [0, 0.05) is 24.2 Å². The Morgan fingerprint density at radius 1 is 1.05 bits per heavy atom. The number of fused-ring (bicyclic) bond motifs is 1. The molecule has 1 heterocycles. The van der Waals surface area contributed by atoms with Crippen molar-refractivity contribution in [2.24, 2.45) is 0 Å². The fourth-order valence-electron chi connectivity index (χ4n) is 2.45. The highest BCUT2D eigenvalue weighted by Crippen LogP contribution is 2.25. The van der Waals surface area contributed by atoms with Crippen LogP contribution in [0.3, 0.4) is 0 Å². The molecule has 106 valence electrons. The molecule has 1 aromatic heterocycles. The molecule has 0 radical (unpaired) electrons. The molecule has 2 N–H and O–H groups in total. The van der Waals surface area contributed by atoms with E-state index in [2.05, 4.69) is 46.1 Å². The zero-order chi connectivity index (χ0) is 14.7. The van der Waals surface area contributed by atoms with Gasteiger partial charge in [0.2, 0.25) is 0 Å². The van der Waals surface area contributed by atoms with Gasteiger partial charge in [0.05, 0.1) is 5.52 Å². The lowest BCUT2D eigenvalue weighted by molar-refractivity contribution is 0.816. The van der Waals surface area contributed by atoms with Crippen LogP contribution in [-0.4, -0.2) is 16.5 Å². The molecule has 3 aromatic rings. The largest absolute Gasteiger partial charge is 0.399 e. The van der Waals surface area contributed by atoms with Crippen molar-refractivity contribution in [3.05, 3.63) is 60.4 Å². The Labute approximate surface area is 124 Å². The number of benzene rings is 2. The molecule has 21 heavy (non-hydrogen) atoms. The number of aromatic nitrogens is 2. The van der Waals surface area contributed by atoms with Gasteiger partial charge in [-0.25, -0.2) is 9.97 Å². The third-order valence-electron chi connectivity index (χ3n) is 3.54. The summed E-state index contributed by atoms with van der Waals surface area (Å²) in [4.78, 5) is 11.0. The molecule has 0 aliphatic carbocycles. The molecule has 0 unspecified atom stereocenters. The van der Waals surface area contributed by atoms with Gasteiger partial charge >= 0.3 is 0 Å². The van der Waals surface area contributed by atoms with Crippen molar-refractivity contribution in [3.8, 4) is 0 Å². The van der Waals surface area contributed by atoms with E-state index in [9.17, 15) is 0 Å². The normalized spacial score (nSPS) is 10.7. The highest BCUT2D eigenvalue weighted by atomic mass is 15.2. The monoisotopic (exact) mass is 278 g/mol. The topological polar surface area (TPSA) is 55.0 Å². The minimum atomic E-state index is 0.731. The molecule has 0 atom stereocenters. The molecule has 0 aliphatic rings. The standard InChI is InChI=1S/C17H18N4/c1-2-21(11-13-6-4-3-5-7-13)17-15-10-14(18)8-9-16(15)19-12-20-17/h3-10,12H,2,11,18H2,1H3. The van der Waals surface area contributed by atoms with Gasteiger partial charge in [0.1, 0.15) is 12.1 Å². The van der Waals surface area contributed by atoms with E-state index in [1.807, 2.05) is 24.3 Å².